The van der Waals surface area contributed by atoms with E-state index in [2.05, 4.69) is 50.3 Å². The summed E-state index contributed by atoms with van der Waals surface area (Å²) in [6.07, 6.45) is 1.48. The molecule has 0 atom stereocenters. The van der Waals surface area contributed by atoms with Gasteiger partial charge in [-0.1, -0.05) is 42.8 Å². The summed E-state index contributed by atoms with van der Waals surface area (Å²) in [6.45, 7) is 7.00. The molecule has 2 rings (SSSR count). The smallest absolute Gasteiger partial charge is 0.244 e. The Kier molecular flexibility index (Phi) is 8.48. The predicted molar refractivity (Wildman–Crippen MR) is 121 cm³/mol. The Morgan fingerprint density at radius 2 is 1.90 bits per heavy atom. The maximum Gasteiger partial charge on any atom is 0.244 e. The molecule has 29 heavy (non-hydrogen) atoms. The van der Waals surface area contributed by atoms with Crippen molar-refractivity contribution in [2.24, 2.45) is 0 Å². The lowest BCUT2D eigenvalue weighted by molar-refractivity contribution is 0.143. The second-order valence-electron chi connectivity index (χ2n) is 7.30. The minimum Gasteiger partial charge on any atom is -0.479 e. The van der Waals surface area contributed by atoms with E-state index in [1.54, 1.807) is 0 Å². The highest BCUT2D eigenvalue weighted by atomic mass is 79.9. The lowest BCUT2D eigenvalue weighted by Gasteiger charge is -2.16. The standard InChI is InChI=1S/C17H22BrCl2N3O4SSi/c1-26-17-16(21-9-13(18)23-17)11-5-6-12(15(20)14(11)19)28(24,25)22-10-27-7-8-29(2,3)4/h5-6,9,22H,7-8,10H2,1-4H3. The van der Waals surface area contributed by atoms with Crippen molar-refractivity contribution >= 4 is 57.2 Å². The molecule has 1 N–H and O–H groups in total. The summed E-state index contributed by atoms with van der Waals surface area (Å²) in [5.74, 6) is 0.224. The van der Waals surface area contributed by atoms with Crippen LogP contribution in [-0.2, 0) is 14.8 Å². The number of benzene rings is 1. The van der Waals surface area contributed by atoms with Gasteiger partial charge in [0.1, 0.15) is 21.9 Å². The van der Waals surface area contributed by atoms with Gasteiger partial charge in [0, 0.05) is 20.2 Å². The molecule has 0 bridgehead atoms. The van der Waals surface area contributed by atoms with Crippen molar-refractivity contribution in [3.05, 3.63) is 33.0 Å². The van der Waals surface area contributed by atoms with Crippen LogP contribution in [0.5, 0.6) is 5.88 Å². The van der Waals surface area contributed by atoms with Gasteiger partial charge in [0.25, 0.3) is 0 Å². The third-order valence-electron chi connectivity index (χ3n) is 3.84. The van der Waals surface area contributed by atoms with Crippen molar-refractivity contribution in [2.75, 3.05) is 20.4 Å². The molecule has 0 saturated heterocycles. The summed E-state index contributed by atoms with van der Waals surface area (Å²) in [5.41, 5.74) is 0.744. The molecule has 0 saturated carbocycles. The molecule has 1 aromatic carbocycles. The predicted octanol–water partition coefficient (Wildman–Crippen LogP) is 4.81. The highest BCUT2D eigenvalue weighted by molar-refractivity contribution is 9.10. The fourth-order valence-corrected chi connectivity index (χ4v) is 5.03. The van der Waals surface area contributed by atoms with E-state index in [4.69, 9.17) is 32.7 Å². The van der Waals surface area contributed by atoms with Gasteiger partial charge in [-0.25, -0.2) is 18.4 Å². The fourth-order valence-electron chi connectivity index (χ4n) is 2.25. The number of nitrogens with zero attached hydrogens (tertiary/aromatic N) is 2. The normalized spacial score (nSPS) is 12.2. The lowest BCUT2D eigenvalue weighted by atomic mass is 10.1. The van der Waals surface area contributed by atoms with Crippen LogP contribution >= 0.6 is 39.1 Å². The van der Waals surface area contributed by atoms with Crippen molar-refractivity contribution in [3.8, 4) is 17.1 Å². The Morgan fingerprint density at radius 1 is 1.21 bits per heavy atom. The summed E-state index contributed by atoms with van der Waals surface area (Å²) in [4.78, 5) is 8.27. The van der Waals surface area contributed by atoms with Crippen LogP contribution < -0.4 is 9.46 Å². The molecule has 2 aromatic rings. The SMILES string of the molecule is COc1nc(Br)cnc1-c1ccc(S(=O)(=O)NCOCC[Si](C)(C)C)c(Cl)c1Cl. The second kappa shape index (κ2) is 10.0. The molecule has 0 fully saturated rings. The molecule has 0 unspecified atom stereocenters. The zero-order chi connectivity index (χ0) is 21.8. The maximum absolute atomic E-state index is 12.6. The number of aromatic nitrogens is 2. The van der Waals surface area contributed by atoms with Gasteiger partial charge in [0.05, 0.1) is 23.4 Å². The number of rotatable bonds is 9. The van der Waals surface area contributed by atoms with E-state index in [1.165, 1.54) is 25.4 Å². The van der Waals surface area contributed by atoms with E-state index in [0.29, 0.717) is 22.5 Å². The van der Waals surface area contributed by atoms with Crippen molar-refractivity contribution in [1.29, 1.82) is 0 Å². The van der Waals surface area contributed by atoms with E-state index < -0.39 is 18.1 Å². The van der Waals surface area contributed by atoms with Gasteiger partial charge in [-0.05, 0) is 34.1 Å². The largest absolute Gasteiger partial charge is 0.479 e. The molecule has 0 aliphatic heterocycles. The third kappa shape index (κ3) is 6.61. The summed E-state index contributed by atoms with van der Waals surface area (Å²) < 4.78 is 38.7. The molecule has 160 valence electrons. The fraction of sp³-hybridized carbons (Fsp3) is 0.412. The number of methoxy groups -OCH3 is 1. The average molecular weight is 543 g/mol. The van der Waals surface area contributed by atoms with E-state index in [1.807, 2.05) is 0 Å². The zero-order valence-corrected chi connectivity index (χ0v) is 21.3. The van der Waals surface area contributed by atoms with Gasteiger partial charge in [0.2, 0.25) is 15.9 Å². The number of sulfonamides is 1. The van der Waals surface area contributed by atoms with Gasteiger partial charge in [-0.2, -0.15) is 4.72 Å². The monoisotopic (exact) mass is 541 g/mol. The van der Waals surface area contributed by atoms with Crippen molar-refractivity contribution in [1.82, 2.24) is 14.7 Å². The average Bonchev–Trinajstić information content (AvgIpc) is 2.62. The Balaban J connectivity index is 2.22. The zero-order valence-electron chi connectivity index (χ0n) is 16.4. The van der Waals surface area contributed by atoms with Crippen molar-refractivity contribution in [2.45, 2.75) is 30.6 Å². The van der Waals surface area contributed by atoms with Gasteiger partial charge >= 0.3 is 0 Å². The summed E-state index contributed by atoms with van der Waals surface area (Å²) in [6, 6.07) is 3.80. The number of hydrogen-bond acceptors (Lipinski definition) is 6. The summed E-state index contributed by atoms with van der Waals surface area (Å²) in [7, 11) is -3.71. The number of halogens is 3. The first-order chi connectivity index (χ1) is 13.5. The quantitative estimate of drug-likeness (QED) is 0.278. The van der Waals surface area contributed by atoms with Gasteiger partial charge in [-0.3, -0.25) is 0 Å². The maximum atomic E-state index is 12.6. The minimum atomic E-state index is -3.91. The van der Waals surface area contributed by atoms with Gasteiger partial charge in [-0.15, -0.1) is 0 Å². The Bertz CT molecular complexity index is 987. The Hall–Kier alpha value is -0.753. The lowest BCUT2D eigenvalue weighted by Crippen LogP contribution is -2.28. The number of nitrogens with one attached hydrogen (secondary N) is 1. The highest BCUT2D eigenvalue weighted by Crippen LogP contribution is 2.39. The first-order valence-corrected chi connectivity index (χ1v) is 15.3. The number of hydrogen-bond donors (Lipinski definition) is 1. The second-order valence-corrected chi connectivity index (χ2v) is 16.2. The van der Waals surface area contributed by atoms with Crippen LogP contribution in [0.4, 0.5) is 0 Å². The molecular weight excluding hydrogens is 521 g/mol. The summed E-state index contributed by atoms with van der Waals surface area (Å²) in [5, 5.41) is -0.0883. The van der Waals surface area contributed by atoms with Crippen LogP contribution in [0.3, 0.4) is 0 Å². The van der Waals surface area contributed by atoms with Crippen LogP contribution in [0.1, 0.15) is 0 Å². The molecule has 1 heterocycles. The Morgan fingerprint density at radius 3 is 2.52 bits per heavy atom. The molecule has 12 heteroatoms. The molecule has 0 amide bonds. The van der Waals surface area contributed by atoms with Crippen LogP contribution in [0, 0.1) is 0 Å². The topological polar surface area (TPSA) is 90.4 Å². The van der Waals surface area contributed by atoms with Crippen molar-refractivity contribution < 1.29 is 17.9 Å². The van der Waals surface area contributed by atoms with Crippen LogP contribution in [-0.4, -0.2) is 46.9 Å². The van der Waals surface area contributed by atoms with E-state index >= 15 is 0 Å². The third-order valence-corrected chi connectivity index (χ3v) is 8.34. The molecule has 0 spiro atoms. The van der Waals surface area contributed by atoms with Gasteiger partial charge in [0.15, 0.2) is 0 Å². The first-order valence-electron chi connectivity index (χ1n) is 8.58. The van der Waals surface area contributed by atoms with Crippen LogP contribution in [0.2, 0.25) is 35.7 Å². The molecule has 0 aliphatic carbocycles. The van der Waals surface area contributed by atoms with E-state index in [-0.39, 0.29) is 27.6 Å². The van der Waals surface area contributed by atoms with E-state index in [9.17, 15) is 8.42 Å². The van der Waals surface area contributed by atoms with Crippen LogP contribution in [0.15, 0.2) is 27.8 Å². The summed E-state index contributed by atoms with van der Waals surface area (Å²) >= 11 is 15.8. The molecule has 0 radical (unpaired) electrons. The Labute approximate surface area is 190 Å². The van der Waals surface area contributed by atoms with Gasteiger partial charge < -0.3 is 9.47 Å². The van der Waals surface area contributed by atoms with Crippen LogP contribution in [0.25, 0.3) is 11.3 Å². The minimum absolute atomic E-state index is 0.0316. The number of ether oxygens (including phenoxy) is 2. The molecule has 0 aliphatic rings. The van der Waals surface area contributed by atoms with E-state index in [0.717, 1.165) is 6.04 Å². The first kappa shape index (κ1) is 24.5. The van der Waals surface area contributed by atoms with Crippen molar-refractivity contribution in [3.63, 3.8) is 0 Å². The molecular formula is C17H22BrCl2N3O4SSi. The highest BCUT2D eigenvalue weighted by Gasteiger charge is 2.24. The molecule has 1 aromatic heterocycles. The molecule has 7 nitrogen and oxygen atoms in total.